The highest BCUT2D eigenvalue weighted by atomic mass is 16.5. The molecular formula is C16H17N5O3. The zero-order valence-electron chi connectivity index (χ0n) is 13.5. The number of aromatic amines is 1. The minimum Gasteiger partial charge on any atom is -0.480 e. The summed E-state index contributed by atoms with van der Waals surface area (Å²) in [6, 6.07) is 5.10. The molecule has 2 N–H and O–H groups in total. The first-order chi connectivity index (χ1) is 11.6. The number of anilines is 1. The number of hydrogen-bond donors (Lipinski definition) is 2. The van der Waals surface area contributed by atoms with Crippen LogP contribution in [-0.2, 0) is 0 Å². The molecule has 8 nitrogen and oxygen atoms in total. The van der Waals surface area contributed by atoms with Crippen molar-refractivity contribution in [2.75, 3.05) is 12.4 Å². The highest BCUT2D eigenvalue weighted by Crippen LogP contribution is 2.25. The molecule has 3 aromatic rings. The number of H-pyrrole nitrogens is 1. The van der Waals surface area contributed by atoms with E-state index in [0.29, 0.717) is 22.8 Å². The zero-order valence-corrected chi connectivity index (χ0v) is 13.5. The van der Waals surface area contributed by atoms with Gasteiger partial charge in [-0.05, 0) is 32.0 Å². The van der Waals surface area contributed by atoms with Gasteiger partial charge < -0.3 is 14.8 Å². The number of rotatable bonds is 5. The Bertz CT molecular complexity index is 875. The lowest BCUT2D eigenvalue weighted by molar-refractivity contribution is 0.101. The standard InChI is InChI=1S/C16H17N5O3/c1-9(2)24-15-11(7-10-8-18-21-13(10)20-15)14(22)19-12-5-4-6-17-16(12)23-3/h4-9H,1-3H3,(H,19,22)(H,18,20,21). The monoisotopic (exact) mass is 327 g/mol. The van der Waals surface area contributed by atoms with Crippen molar-refractivity contribution in [3.63, 3.8) is 0 Å². The number of amides is 1. The van der Waals surface area contributed by atoms with Crippen LogP contribution in [-0.4, -0.2) is 39.3 Å². The fourth-order valence-electron chi connectivity index (χ4n) is 2.18. The number of nitrogens with one attached hydrogen (secondary N) is 2. The van der Waals surface area contributed by atoms with Crippen LogP contribution in [0.3, 0.4) is 0 Å². The number of methoxy groups -OCH3 is 1. The van der Waals surface area contributed by atoms with E-state index >= 15 is 0 Å². The van der Waals surface area contributed by atoms with Crippen LogP contribution in [0.5, 0.6) is 11.8 Å². The van der Waals surface area contributed by atoms with Gasteiger partial charge in [-0.15, -0.1) is 0 Å². The minimum absolute atomic E-state index is 0.131. The van der Waals surface area contributed by atoms with Crippen molar-refractivity contribution in [2.45, 2.75) is 20.0 Å². The molecule has 24 heavy (non-hydrogen) atoms. The van der Waals surface area contributed by atoms with E-state index in [2.05, 4.69) is 25.5 Å². The smallest absolute Gasteiger partial charge is 0.261 e. The molecule has 0 saturated carbocycles. The number of pyridine rings is 2. The molecule has 0 unspecified atom stereocenters. The Balaban J connectivity index is 1.98. The van der Waals surface area contributed by atoms with Crippen molar-refractivity contribution < 1.29 is 14.3 Å². The van der Waals surface area contributed by atoms with E-state index in [-0.39, 0.29) is 17.9 Å². The summed E-state index contributed by atoms with van der Waals surface area (Å²) in [4.78, 5) is 21.1. The largest absolute Gasteiger partial charge is 0.480 e. The maximum absolute atomic E-state index is 12.7. The second-order valence-electron chi connectivity index (χ2n) is 5.32. The van der Waals surface area contributed by atoms with Gasteiger partial charge in [-0.1, -0.05) is 0 Å². The topological polar surface area (TPSA) is 102 Å². The molecule has 1 amide bonds. The number of fused-ring (bicyclic) bond motifs is 1. The number of hydrogen-bond acceptors (Lipinski definition) is 6. The number of carbonyl (C=O) groups is 1. The first-order valence-electron chi connectivity index (χ1n) is 7.40. The normalized spacial score (nSPS) is 10.8. The van der Waals surface area contributed by atoms with Gasteiger partial charge in [0.2, 0.25) is 11.8 Å². The summed E-state index contributed by atoms with van der Waals surface area (Å²) in [5.41, 5.74) is 1.26. The first kappa shape index (κ1) is 15.7. The summed E-state index contributed by atoms with van der Waals surface area (Å²) in [6.45, 7) is 3.73. The fraction of sp³-hybridized carbons (Fsp3) is 0.250. The Labute approximate surface area is 138 Å². The van der Waals surface area contributed by atoms with Gasteiger partial charge in [0, 0.05) is 17.8 Å². The summed E-state index contributed by atoms with van der Waals surface area (Å²) >= 11 is 0. The van der Waals surface area contributed by atoms with Gasteiger partial charge in [-0.3, -0.25) is 9.89 Å². The lowest BCUT2D eigenvalue weighted by atomic mass is 10.2. The Morgan fingerprint density at radius 1 is 1.33 bits per heavy atom. The maximum Gasteiger partial charge on any atom is 0.261 e. The summed E-state index contributed by atoms with van der Waals surface area (Å²) in [6.07, 6.45) is 3.12. The van der Waals surface area contributed by atoms with Crippen molar-refractivity contribution in [3.8, 4) is 11.8 Å². The number of ether oxygens (including phenoxy) is 2. The van der Waals surface area contributed by atoms with E-state index in [1.54, 1.807) is 30.6 Å². The van der Waals surface area contributed by atoms with Crippen LogP contribution in [0.2, 0.25) is 0 Å². The Hall–Kier alpha value is -3.16. The lowest BCUT2D eigenvalue weighted by Crippen LogP contribution is -2.17. The van der Waals surface area contributed by atoms with Crippen molar-refractivity contribution in [3.05, 3.63) is 36.2 Å². The predicted molar refractivity (Wildman–Crippen MR) is 88.4 cm³/mol. The Morgan fingerprint density at radius 3 is 2.92 bits per heavy atom. The average Bonchev–Trinajstić information content (AvgIpc) is 3.01. The minimum atomic E-state index is -0.368. The molecule has 3 heterocycles. The third-order valence-electron chi connectivity index (χ3n) is 3.19. The molecule has 0 aliphatic rings. The van der Waals surface area contributed by atoms with Crippen LogP contribution in [0.4, 0.5) is 5.69 Å². The van der Waals surface area contributed by atoms with Gasteiger partial charge in [0.15, 0.2) is 5.65 Å². The molecule has 0 fully saturated rings. The molecule has 0 spiro atoms. The molecule has 0 saturated heterocycles. The van der Waals surface area contributed by atoms with Crippen LogP contribution >= 0.6 is 0 Å². The predicted octanol–water partition coefficient (Wildman–Crippen LogP) is 2.40. The van der Waals surface area contributed by atoms with Gasteiger partial charge in [0.1, 0.15) is 11.3 Å². The summed E-state index contributed by atoms with van der Waals surface area (Å²) in [5, 5.41) is 10.2. The van der Waals surface area contributed by atoms with E-state index in [9.17, 15) is 4.79 Å². The van der Waals surface area contributed by atoms with Crippen molar-refractivity contribution in [2.24, 2.45) is 0 Å². The molecule has 0 radical (unpaired) electrons. The number of carbonyl (C=O) groups excluding carboxylic acids is 1. The van der Waals surface area contributed by atoms with Crippen LogP contribution in [0.15, 0.2) is 30.6 Å². The quantitative estimate of drug-likeness (QED) is 0.746. The van der Waals surface area contributed by atoms with Crippen LogP contribution in [0.25, 0.3) is 11.0 Å². The zero-order chi connectivity index (χ0) is 17.1. The van der Waals surface area contributed by atoms with E-state index < -0.39 is 0 Å². The van der Waals surface area contributed by atoms with E-state index in [1.807, 2.05) is 13.8 Å². The summed E-state index contributed by atoms with van der Waals surface area (Å²) < 4.78 is 10.8. The van der Waals surface area contributed by atoms with E-state index in [1.165, 1.54) is 7.11 Å². The molecule has 3 aromatic heterocycles. The van der Waals surface area contributed by atoms with E-state index in [0.717, 1.165) is 5.39 Å². The van der Waals surface area contributed by atoms with Crippen LogP contribution < -0.4 is 14.8 Å². The molecule has 3 rings (SSSR count). The second kappa shape index (κ2) is 6.53. The number of aromatic nitrogens is 4. The van der Waals surface area contributed by atoms with Crippen molar-refractivity contribution in [1.82, 2.24) is 20.2 Å². The van der Waals surface area contributed by atoms with Gasteiger partial charge >= 0.3 is 0 Å². The molecule has 0 aliphatic heterocycles. The molecule has 8 heteroatoms. The van der Waals surface area contributed by atoms with Gasteiger partial charge in [0.25, 0.3) is 5.91 Å². The average molecular weight is 327 g/mol. The highest BCUT2D eigenvalue weighted by Gasteiger charge is 2.19. The third kappa shape index (κ3) is 3.12. The van der Waals surface area contributed by atoms with Gasteiger partial charge in [-0.2, -0.15) is 10.1 Å². The summed E-state index contributed by atoms with van der Waals surface area (Å²) in [5.74, 6) is 0.187. The Morgan fingerprint density at radius 2 is 2.17 bits per heavy atom. The fourth-order valence-corrected chi connectivity index (χ4v) is 2.18. The summed E-state index contributed by atoms with van der Waals surface area (Å²) in [7, 11) is 1.49. The maximum atomic E-state index is 12.7. The third-order valence-corrected chi connectivity index (χ3v) is 3.19. The van der Waals surface area contributed by atoms with Crippen molar-refractivity contribution in [1.29, 1.82) is 0 Å². The number of nitrogens with zero attached hydrogens (tertiary/aromatic N) is 3. The van der Waals surface area contributed by atoms with Crippen LogP contribution in [0, 0.1) is 0 Å². The second-order valence-corrected chi connectivity index (χ2v) is 5.32. The molecule has 124 valence electrons. The molecule has 0 bridgehead atoms. The van der Waals surface area contributed by atoms with Crippen LogP contribution in [0.1, 0.15) is 24.2 Å². The molecule has 0 aliphatic carbocycles. The molecule has 0 aromatic carbocycles. The van der Waals surface area contributed by atoms with E-state index in [4.69, 9.17) is 9.47 Å². The Kier molecular flexibility index (Phi) is 4.28. The first-order valence-corrected chi connectivity index (χ1v) is 7.40. The highest BCUT2D eigenvalue weighted by molar-refractivity contribution is 6.08. The van der Waals surface area contributed by atoms with Crippen molar-refractivity contribution >= 4 is 22.6 Å². The van der Waals surface area contributed by atoms with Gasteiger partial charge in [-0.25, -0.2) is 4.98 Å². The SMILES string of the molecule is COc1ncccc1NC(=O)c1cc2c[nH]nc2nc1OC(C)C. The lowest BCUT2D eigenvalue weighted by Gasteiger charge is -2.14. The molecule has 0 atom stereocenters. The molecular weight excluding hydrogens is 310 g/mol. The van der Waals surface area contributed by atoms with Gasteiger partial charge in [0.05, 0.1) is 13.2 Å².